The number of hydrogen-bond donors (Lipinski definition) is 31. The number of carboxylic acids is 1. The molecule has 0 aliphatic rings. The highest BCUT2D eigenvalue weighted by Gasteiger charge is 2.30. The van der Waals surface area contributed by atoms with E-state index in [1.165, 1.54) is 104 Å². The molecule has 0 aliphatic carbocycles. The molecule has 136 heavy (non-hydrogen) atoms. The van der Waals surface area contributed by atoms with Crippen LogP contribution in [0.1, 0.15) is 104 Å². The highest BCUT2D eigenvalue weighted by molar-refractivity contribution is 6.02. The molecule has 0 aliphatic heterocycles. The van der Waals surface area contributed by atoms with E-state index < -0.39 is 366 Å². The fraction of sp³-hybridized carbons (Fsp3) is 0.600. The number of amides is 29. The van der Waals surface area contributed by atoms with Crippen LogP contribution in [0.4, 0.5) is 0 Å². The predicted octanol–water partition coefficient (Wildman–Crippen LogP) is -20.8. The topological polar surface area (TPSA) is 907 Å². The van der Waals surface area contributed by atoms with Gasteiger partial charge in [0.1, 0.15) is 91.1 Å². The van der Waals surface area contributed by atoms with Gasteiger partial charge >= 0.3 is 5.97 Å². The smallest absolute Gasteiger partial charge is 0.322 e. The summed E-state index contributed by atoms with van der Waals surface area (Å²) < 4.78 is 0. The largest absolute Gasteiger partial charge is 0.480 e. The van der Waals surface area contributed by atoms with E-state index in [1.54, 1.807) is 0 Å². The quantitative estimate of drug-likeness (QED) is 0.0269. The van der Waals surface area contributed by atoms with Gasteiger partial charge in [-0.05, 0) is 104 Å². The van der Waals surface area contributed by atoms with Crippen LogP contribution in [0.3, 0.4) is 0 Å². The highest BCUT2D eigenvalue weighted by atomic mass is 16.4. The van der Waals surface area contributed by atoms with Gasteiger partial charge in [0.25, 0.3) is 0 Å². The van der Waals surface area contributed by atoms with Crippen molar-refractivity contribution in [3.63, 3.8) is 0 Å². The minimum Gasteiger partial charge on any atom is -0.480 e. The molecule has 0 radical (unpaired) electrons. The van der Waals surface area contributed by atoms with Gasteiger partial charge in [0, 0.05) is 0 Å². The average Bonchev–Trinajstić information content (AvgIpc) is 0.888. The molecule has 0 aromatic heterocycles. The van der Waals surface area contributed by atoms with Gasteiger partial charge in [0.05, 0.1) is 97.7 Å². The second-order valence-corrected chi connectivity index (χ2v) is 30.0. The number of rotatable bonds is 59. The maximum atomic E-state index is 12.7. The summed E-state index contributed by atoms with van der Waals surface area (Å²) in [6.45, 7) is 8.67. The molecule has 0 bridgehead atoms. The van der Waals surface area contributed by atoms with Crippen LogP contribution in [0.5, 0.6) is 0 Å². The zero-order chi connectivity index (χ0) is 104. The third-order valence-corrected chi connectivity index (χ3v) is 17.5. The van der Waals surface area contributed by atoms with Crippen LogP contribution >= 0.6 is 0 Å². The molecule has 0 fully saturated rings. The second-order valence-electron chi connectivity index (χ2n) is 30.0. The summed E-state index contributed by atoms with van der Waals surface area (Å²) in [6, 6.07) is -18.5. The number of carbonyl (C=O) groups excluding carboxylic acids is 29. The van der Waals surface area contributed by atoms with Gasteiger partial charge in [-0.3, -0.25) is 144 Å². The minimum absolute atomic E-state index is 0.457. The van der Waals surface area contributed by atoms with Crippen LogP contribution in [0.2, 0.25) is 0 Å². The Bertz CT molecular complexity index is 4280. The molecule has 0 saturated heterocycles. The SMILES string of the molecule is C[C@H](N)C(=O)NCC(=O)N[C@@H](C)C(=O)NCC(=O)N[C@@H](C)C(=O)NCC(=O)N[C@@H](C)C(=O)NCC(=O)N[C@@H](C)C(=O)NCC(=O)N[C@@H](C)C(=O)NCC(=O)N[C@@H](C)C(=O)NCC(=O)N[C@@H](C)C(=O)NCC(=O)N[C@@H](C)C(=O)NCC(=O)N[C@@H](C)C(=O)NCC(=O)N[C@@H](C)C(=O)NCC(=O)N[C@@H](C)C(=O)NCC(=O)N[C@@H](C)C(=O)NCC(=O)N[C@@H](C)C(=O)NCC(=O)N[C@@H](C)C(=O)NCC(=O)O. The van der Waals surface area contributed by atoms with E-state index in [9.17, 15) is 144 Å². The summed E-state index contributed by atoms with van der Waals surface area (Å²) in [5.41, 5.74) is 5.40. The number of carbonyl (C=O) groups is 30. The Labute approximate surface area is 776 Å². The lowest BCUT2D eigenvalue weighted by Crippen LogP contribution is -2.54. The van der Waals surface area contributed by atoms with Crippen molar-refractivity contribution in [1.29, 1.82) is 0 Å². The monoisotopic (exact) mass is 1940 g/mol. The number of nitrogens with one attached hydrogen (secondary N) is 29. The molecule has 61 heteroatoms. The van der Waals surface area contributed by atoms with Crippen molar-refractivity contribution in [2.75, 3.05) is 98.2 Å². The van der Waals surface area contributed by atoms with Crippen LogP contribution in [0, 0.1) is 0 Å². The van der Waals surface area contributed by atoms with Crippen LogP contribution in [0.25, 0.3) is 0 Å². The maximum absolute atomic E-state index is 12.7. The third kappa shape index (κ3) is 52.8. The summed E-state index contributed by atoms with van der Waals surface area (Å²) in [4.78, 5) is 372. The second kappa shape index (κ2) is 62.4. The fourth-order valence-corrected chi connectivity index (χ4v) is 9.82. The van der Waals surface area contributed by atoms with Crippen LogP contribution in [0.15, 0.2) is 0 Å². The Morgan fingerprint density at radius 2 is 0.221 bits per heavy atom. The first-order chi connectivity index (χ1) is 63.3. The Morgan fingerprint density at radius 1 is 0.147 bits per heavy atom. The van der Waals surface area contributed by atoms with Crippen molar-refractivity contribution in [2.45, 2.75) is 194 Å². The first kappa shape index (κ1) is 120. The molecule has 0 aromatic carbocycles. The fourth-order valence-electron chi connectivity index (χ4n) is 9.82. The molecule has 758 valence electrons. The van der Waals surface area contributed by atoms with E-state index in [-0.39, 0.29) is 0 Å². The molecule has 32 N–H and O–H groups in total. The van der Waals surface area contributed by atoms with Gasteiger partial charge in [-0.25, -0.2) is 0 Å². The van der Waals surface area contributed by atoms with E-state index >= 15 is 0 Å². The standard InChI is InChI=1S/C75H122N30O31/c1-31(76)61(122)77-16-46(106)92-32(2)62(123)78-17-47(107)93-33(3)63(124)79-18-48(108)94-34(4)64(125)80-19-49(109)95-35(5)65(126)81-20-50(110)96-36(6)66(127)82-21-51(111)97-37(7)67(128)83-22-52(112)98-38(8)68(129)84-23-53(113)99-39(9)69(130)85-24-54(114)100-40(10)70(131)86-25-55(115)101-41(11)71(132)87-26-56(116)102-42(12)72(133)88-27-57(117)103-43(13)73(134)89-28-58(118)104-44(14)74(135)90-29-59(119)105-45(15)75(136)91-30-60(120)121/h31-45H,16-30,76H2,1-15H3,(H,77,122)(H,78,123)(H,79,124)(H,80,125)(H,81,126)(H,82,127)(H,83,128)(H,84,129)(H,85,130)(H,86,131)(H,87,132)(H,88,133)(H,89,134)(H,90,135)(H,91,136)(H,92,106)(H,93,107)(H,94,108)(H,95,109)(H,96,110)(H,97,111)(H,98,112)(H,99,113)(H,100,114)(H,101,115)(H,102,116)(H,103,117)(H,104,118)(H,105,119)(H,120,121)/t31-,32-,33-,34-,35-,36-,37-,38-,39-,40-,41-,42-,43-,44-,45-/m0/s1. The van der Waals surface area contributed by atoms with E-state index in [0.29, 0.717) is 0 Å². The molecule has 61 nitrogen and oxygen atoms in total. The summed E-state index contributed by atoms with van der Waals surface area (Å²) in [5, 5.41) is 73.6. The first-order valence-electron chi connectivity index (χ1n) is 41.6. The summed E-state index contributed by atoms with van der Waals surface area (Å²) in [5.74, 6) is -26.1. The molecule has 29 amide bonds. The molecular weight excluding hydrogens is 1820 g/mol. The first-order valence-corrected chi connectivity index (χ1v) is 41.6. The molecule has 0 saturated carbocycles. The third-order valence-electron chi connectivity index (χ3n) is 17.5. The van der Waals surface area contributed by atoms with Crippen LogP contribution < -0.4 is 160 Å². The van der Waals surface area contributed by atoms with E-state index in [1.807, 2.05) is 0 Å². The summed E-state index contributed by atoms with van der Waals surface area (Å²) in [7, 11) is 0. The van der Waals surface area contributed by atoms with Gasteiger partial charge in [0.2, 0.25) is 171 Å². The highest BCUT2D eigenvalue weighted by Crippen LogP contribution is 1.96. The van der Waals surface area contributed by atoms with Gasteiger partial charge in [-0.15, -0.1) is 0 Å². The lowest BCUT2D eigenvalue weighted by molar-refractivity contribution is -0.138. The number of carboxylic acid groups (broad SMARTS) is 1. The average molecular weight is 1940 g/mol. The van der Waals surface area contributed by atoms with Gasteiger partial charge in [-0.2, -0.15) is 0 Å². The Balaban J connectivity index is 4.60. The Kier molecular flexibility index (Phi) is 55.1. The van der Waals surface area contributed by atoms with Crippen molar-refractivity contribution < 1.29 is 149 Å². The number of nitrogens with two attached hydrogens (primary N) is 1. The summed E-state index contributed by atoms with van der Waals surface area (Å²) in [6.07, 6.45) is 0. The minimum atomic E-state index is -1.31. The van der Waals surface area contributed by atoms with Gasteiger partial charge in [-0.1, -0.05) is 0 Å². The lowest BCUT2D eigenvalue weighted by atomic mass is 10.2. The van der Waals surface area contributed by atoms with E-state index in [4.69, 9.17) is 10.8 Å². The Hall–Kier alpha value is -15.9. The number of aliphatic carboxylic acids is 1. The van der Waals surface area contributed by atoms with Crippen molar-refractivity contribution in [2.24, 2.45) is 5.73 Å². The van der Waals surface area contributed by atoms with E-state index in [2.05, 4.69) is 154 Å². The number of hydrogen-bond acceptors (Lipinski definition) is 31. The Morgan fingerprint density at radius 3 is 0.294 bits per heavy atom. The predicted molar refractivity (Wildman–Crippen MR) is 463 cm³/mol. The van der Waals surface area contributed by atoms with Crippen molar-refractivity contribution in [3.05, 3.63) is 0 Å². The molecule has 0 rings (SSSR count). The van der Waals surface area contributed by atoms with Crippen LogP contribution in [-0.4, -0.2) is 371 Å². The zero-order valence-corrected chi connectivity index (χ0v) is 77.0. The zero-order valence-electron chi connectivity index (χ0n) is 77.0. The van der Waals surface area contributed by atoms with Crippen molar-refractivity contribution in [1.82, 2.24) is 154 Å². The van der Waals surface area contributed by atoms with Gasteiger partial charge in [0.15, 0.2) is 0 Å². The normalized spacial score (nSPS) is 13.8. The molecule has 15 atom stereocenters. The molecule has 0 aromatic rings. The van der Waals surface area contributed by atoms with Crippen molar-refractivity contribution >= 4 is 177 Å². The van der Waals surface area contributed by atoms with Crippen LogP contribution in [-0.2, 0) is 144 Å². The maximum Gasteiger partial charge on any atom is 0.322 e. The molecule has 0 heterocycles. The molecular formula is C75H122N30O31. The van der Waals surface area contributed by atoms with Crippen molar-refractivity contribution in [3.8, 4) is 0 Å². The lowest BCUT2D eigenvalue weighted by Gasteiger charge is -2.18. The van der Waals surface area contributed by atoms with Gasteiger partial charge < -0.3 is 165 Å². The van der Waals surface area contributed by atoms with E-state index in [0.717, 1.165) is 0 Å². The summed E-state index contributed by atoms with van der Waals surface area (Å²) >= 11 is 0. The molecule has 0 spiro atoms. The molecule has 0 unspecified atom stereocenters.